The predicted octanol–water partition coefficient (Wildman–Crippen LogP) is 5.79. The van der Waals surface area contributed by atoms with Gasteiger partial charge in [0.05, 0.1) is 42.4 Å². The molecule has 2 N–H and O–H groups in total. The molecule has 1 saturated carbocycles. The van der Waals surface area contributed by atoms with Crippen molar-refractivity contribution in [3.8, 4) is 5.75 Å². The van der Waals surface area contributed by atoms with Gasteiger partial charge in [-0.15, -0.1) is 0 Å². The number of nitrogens with zero attached hydrogens (tertiary/aromatic N) is 6. The summed E-state index contributed by atoms with van der Waals surface area (Å²) in [5, 5.41) is 7.46. The average molecular weight is 693 g/mol. The Morgan fingerprint density at radius 3 is 2.28 bits per heavy atom. The number of carbonyl (C=O) groups excluding carboxylic acids is 1. The number of carbonyl (C=O) groups is 1. The lowest BCUT2D eigenvalue weighted by Crippen LogP contribution is -2.56. The van der Waals surface area contributed by atoms with E-state index in [0.29, 0.717) is 29.0 Å². The third-order valence-electron chi connectivity index (χ3n) is 10.5. The van der Waals surface area contributed by atoms with Gasteiger partial charge in [-0.1, -0.05) is 13.0 Å². The SMILES string of the molecule is C=CC(=O)Nc1cc(Nc2cc(N3OCCC3c3c(F)ccc(F)c3F)ncn2)c(OC)cc1N1CCC(N2CCN(C3CCC3)CC2)CC1. The predicted molar refractivity (Wildman–Crippen MR) is 185 cm³/mol. The smallest absolute Gasteiger partial charge is 0.247 e. The van der Waals surface area contributed by atoms with Gasteiger partial charge in [-0.05, 0) is 50.0 Å². The number of hydrogen-bond donors (Lipinski definition) is 2. The third kappa shape index (κ3) is 6.96. The van der Waals surface area contributed by atoms with Crippen LogP contribution in [0.3, 0.4) is 0 Å². The lowest BCUT2D eigenvalue weighted by molar-refractivity contribution is -0.111. The molecule has 3 aromatic rings. The molecular formula is C36H43F3N8O3. The molecule has 0 radical (unpaired) electrons. The number of piperidine rings is 1. The first-order chi connectivity index (χ1) is 24.3. The lowest BCUT2D eigenvalue weighted by atomic mass is 9.91. The van der Waals surface area contributed by atoms with E-state index in [4.69, 9.17) is 9.57 Å². The number of nitrogens with one attached hydrogen (secondary N) is 2. The number of methoxy groups -OCH3 is 1. The lowest BCUT2D eigenvalue weighted by Gasteiger charge is -2.46. The largest absolute Gasteiger partial charge is 0.494 e. The molecule has 1 atom stereocenters. The number of aromatic nitrogens is 2. The van der Waals surface area contributed by atoms with Crippen LogP contribution in [0.5, 0.6) is 5.75 Å². The van der Waals surface area contributed by atoms with Crippen LogP contribution in [0.4, 0.5) is 41.9 Å². The summed E-state index contributed by atoms with van der Waals surface area (Å²) < 4.78 is 49.3. The van der Waals surface area contributed by atoms with Crippen LogP contribution in [0, 0.1) is 17.5 Å². The maximum atomic E-state index is 14.7. The van der Waals surface area contributed by atoms with Gasteiger partial charge in [-0.2, -0.15) is 0 Å². The minimum Gasteiger partial charge on any atom is -0.494 e. The van der Waals surface area contributed by atoms with Gasteiger partial charge in [0.15, 0.2) is 17.5 Å². The molecule has 1 unspecified atom stereocenters. The summed E-state index contributed by atoms with van der Waals surface area (Å²) in [5.74, 6) is -2.56. The molecule has 14 heteroatoms. The number of hydroxylamine groups is 1. The van der Waals surface area contributed by atoms with Crippen LogP contribution in [0.1, 0.15) is 50.1 Å². The Morgan fingerprint density at radius 2 is 1.62 bits per heavy atom. The van der Waals surface area contributed by atoms with Gasteiger partial charge in [-0.3, -0.25) is 19.4 Å². The summed E-state index contributed by atoms with van der Waals surface area (Å²) >= 11 is 0. The molecule has 1 amide bonds. The van der Waals surface area contributed by atoms with Gasteiger partial charge >= 0.3 is 0 Å². The molecule has 0 spiro atoms. The molecule has 4 heterocycles. The number of anilines is 5. The van der Waals surface area contributed by atoms with Crippen molar-refractivity contribution < 1.29 is 27.5 Å². The van der Waals surface area contributed by atoms with E-state index >= 15 is 0 Å². The van der Waals surface area contributed by atoms with Gasteiger partial charge < -0.3 is 20.3 Å². The molecule has 1 aromatic heterocycles. The molecule has 0 bridgehead atoms. The molecule has 11 nitrogen and oxygen atoms in total. The molecule has 4 fully saturated rings. The standard InChI is InChI=1S/C36H43F3N8O3/c1-3-34(48)43-27-19-28(42-32-21-33(41-22-40-32)47-29(11-18-50-47)35-25(37)7-8-26(38)36(35)39)31(49-2)20-30(27)46-12-9-24(10-13-46)45-16-14-44(15-17-45)23-5-4-6-23/h3,7-8,19-24,29H,1,4-6,9-18H2,2H3,(H,43,48)(H,40,41,42). The summed E-state index contributed by atoms with van der Waals surface area (Å²) in [6.07, 6.45) is 8.83. The number of hydrogen-bond acceptors (Lipinski definition) is 10. The van der Waals surface area contributed by atoms with E-state index in [-0.39, 0.29) is 24.8 Å². The van der Waals surface area contributed by atoms with Crippen molar-refractivity contribution in [2.45, 2.75) is 56.7 Å². The van der Waals surface area contributed by atoms with Gasteiger partial charge in [0.1, 0.15) is 23.7 Å². The van der Waals surface area contributed by atoms with Crippen LogP contribution in [-0.2, 0) is 9.63 Å². The van der Waals surface area contributed by atoms with Crippen molar-refractivity contribution in [1.29, 1.82) is 0 Å². The summed E-state index contributed by atoms with van der Waals surface area (Å²) in [7, 11) is 1.57. The monoisotopic (exact) mass is 692 g/mol. The fourth-order valence-corrected chi connectivity index (χ4v) is 7.55. The van der Waals surface area contributed by atoms with Gasteiger partial charge in [-0.25, -0.2) is 28.2 Å². The van der Waals surface area contributed by atoms with E-state index in [9.17, 15) is 18.0 Å². The highest BCUT2D eigenvalue weighted by Crippen LogP contribution is 2.41. The van der Waals surface area contributed by atoms with Gasteiger partial charge in [0, 0.05) is 69.9 Å². The number of benzene rings is 2. The van der Waals surface area contributed by atoms with Crippen LogP contribution < -0.4 is 25.3 Å². The molecule has 266 valence electrons. The molecule has 50 heavy (non-hydrogen) atoms. The summed E-state index contributed by atoms with van der Waals surface area (Å²) in [5.41, 5.74) is 1.51. The number of amides is 1. The van der Waals surface area contributed by atoms with Crippen molar-refractivity contribution >= 4 is 34.6 Å². The van der Waals surface area contributed by atoms with Crippen LogP contribution >= 0.6 is 0 Å². The number of rotatable bonds is 10. The highest BCUT2D eigenvalue weighted by Gasteiger charge is 2.35. The molecule has 3 aliphatic heterocycles. The zero-order valence-corrected chi connectivity index (χ0v) is 28.2. The molecule has 2 aromatic carbocycles. The Kier molecular flexibility index (Phi) is 10.1. The molecule has 7 rings (SSSR count). The summed E-state index contributed by atoms with van der Waals surface area (Å²) in [6.45, 7) is 9.98. The second kappa shape index (κ2) is 14.8. The zero-order valence-electron chi connectivity index (χ0n) is 28.2. The Hall–Kier alpha value is -4.40. The summed E-state index contributed by atoms with van der Waals surface area (Å²) in [6, 6.07) is 7.28. The van der Waals surface area contributed by atoms with Crippen molar-refractivity contribution in [3.05, 3.63) is 72.3 Å². The highest BCUT2D eigenvalue weighted by molar-refractivity contribution is 6.02. The third-order valence-corrected chi connectivity index (χ3v) is 10.5. The second-order valence-electron chi connectivity index (χ2n) is 13.2. The first-order valence-corrected chi connectivity index (χ1v) is 17.4. The normalized spacial score (nSPS) is 20.8. The van der Waals surface area contributed by atoms with Crippen LogP contribution in [0.2, 0.25) is 0 Å². The Balaban J connectivity index is 1.08. The molecule has 3 saturated heterocycles. The fraction of sp³-hybridized carbons (Fsp3) is 0.472. The quantitative estimate of drug-likeness (QED) is 0.201. The van der Waals surface area contributed by atoms with Crippen molar-refractivity contribution in [2.75, 3.05) is 73.6 Å². The Labute approximate surface area is 290 Å². The molecule has 1 aliphatic carbocycles. The van der Waals surface area contributed by atoms with Crippen molar-refractivity contribution in [3.63, 3.8) is 0 Å². The fourth-order valence-electron chi connectivity index (χ4n) is 7.55. The zero-order chi connectivity index (χ0) is 34.8. The minimum absolute atomic E-state index is 0.156. The van der Waals surface area contributed by atoms with E-state index in [2.05, 4.69) is 41.9 Å². The number of halogens is 3. The first-order valence-electron chi connectivity index (χ1n) is 17.4. The van der Waals surface area contributed by atoms with Crippen molar-refractivity contribution in [2.24, 2.45) is 0 Å². The topological polar surface area (TPSA) is 98.3 Å². The maximum Gasteiger partial charge on any atom is 0.247 e. The Bertz CT molecular complexity index is 1710. The molecule has 4 aliphatic rings. The van der Waals surface area contributed by atoms with E-state index in [1.54, 1.807) is 19.2 Å². The average Bonchev–Trinajstić information content (AvgIpc) is 3.59. The highest BCUT2D eigenvalue weighted by atomic mass is 19.2. The maximum absolute atomic E-state index is 14.7. The van der Waals surface area contributed by atoms with Crippen LogP contribution in [0.25, 0.3) is 0 Å². The van der Waals surface area contributed by atoms with Crippen LogP contribution in [-0.4, -0.2) is 90.7 Å². The van der Waals surface area contributed by atoms with E-state index in [0.717, 1.165) is 76.0 Å². The van der Waals surface area contributed by atoms with Crippen LogP contribution in [0.15, 0.2) is 49.3 Å². The van der Waals surface area contributed by atoms with Gasteiger partial charge in [0.2, 0.25) is 5.91 Å². The van der Waals surface area contributed by atoms with E-state index in [1.807, 2.05) is 6.07 Å². The number of piperazine rings is 1. The van der Waals surface area contributed by atoms with E-state index < -0.39 is 29.1 Å². The Morgan fingerprint density at radius 1 is 0.920 bits per heavy atom. The minimum atomic E-state index is -1.26. The molecular weight excluding hydrogens is 649 g/mol. The van der Waals surface area contributed by atoms with E-state index in [1.165, 1.54) is 36.7 Å². The number of ether oxygens (including phenoxy) is 1. The second-order valence-corrected chi connectivity index (χ2v) is 13.2. The summed E-state index contributed by atoms with van der Waals surface area (Å²) in [4.78, 5) is 34.5. The van der Waals surface area contributed by atoms with Gasteiger partial charge in [0.25, 0.3) is 0 Å². The van der Waals surface area contributed by atoms with Crippen molar-refractivity contribution in [1.82, 2.24) is 19.8 Å². The first kappa shape index (κ1) is 34.1.